The number of aromatic nitrogens is 2. The molecular weight excluding hydrogens is 310 g/mol. The number of hydrogen-bond acceptors (Lipinski definition) is 5. The van der Waals surface area contributed by atoms with Crippen LogP contribution in [0, 0.1) is 0 Å². The summed E-state index contributed by atoms with van der Waals surface area (Å²) in [7, 11) is 1.50. The van der Waals surface area contributed by atoms with Gasteiger partial charge in [-0.25, -0.2) is 14.8 Å². The Labute approximate surface area is 140 Å². The molecule has 3 amide bonds. The fraction of sp³-hybridized carbons (Fsp3) is 0.500. The van der Waals surface area contributed by atoms with Crippen molar-refractivity contribution in [3.63, 3.8) is 0 Å². The second-order valence-electron chi connectivity index (χ2n) is 5.84. The zero-order valence-electron chi connectivity index (χ0n) is 13.6. The third kappa shape index (κ3) is 3.64. The van der Waals surface area contributed by atoms with Crippen LogP contribution in [-0.2, 0) is 4.79 Å². The molecule has 1 unspecified atom stereocenters. The summed E-state index contributed by atoms with van der Waals surface area (Å²) in [5.41, 5.74) is 0.733. The summed E-state index contributed by atoms with van der Waals surface area (Å²) in [6.07, 6.45) is 8.25. The molecule has 3 heterocycles. The van der Waals surface area contributed by atoms with Gasteiger partial charge in [0.15, 0.2) is 0 Å². The average molecular weight is 331 g/mol. The van der Waals surface area contributed by atoms with Crippen molar-refractivity contribution in [3.05, 3.63) is 24.0 Å². The first-order chi connectivity index (χ1) is 11.7. The SMILES string of the molecule is COc1ncc(/C=C/C(=O)N2CCCC(N3CCNC3=O)C2)cn1. The fourth-order valence-electron chi connectivity index (χ4n) is 3.03. The summed E-state index contributed by atoms with van der Waals surface area (Å²) >= 11 is 0. The number of piperidine rings is 1. The van der Waals surface area contributed by atoms with Crippen molar-refractivity contribution in [2.75, 3.05) is 33.3 Å². The van der Waals surface area contributed by atoms with E-state index in [0.29, 0.717) is 32.2 Å². The van der Waals surface area contributed by atoms with Gasteiger partial charge in [-0.1, -0.05) is 0 Å². The summed E-state index contributed by atoms with van der Waals surface area (Å²) in [6.45, 7) is 2.69. The van der Waals surface area contributed by atoms with Crippen molar-refractivity contribution < 1.29 is 14.3 Å². The van der Waals surface area contributed by atoms with E-state index in [2.05, 4.69) is 15.3 Å². The Kier molecular flexibility index (Phi) is 4.93. The van der Waals surface area contributed by atoms with E-state index in [9.17, 15) is 9.59 Å². The molecule has 8 nitrogen and oxygen atoms in total. The van der Waals surface area contributed by atoms with Gasteiger partial charge in [-0.05, 0) is 18.9 Å². The summed E-state index contributed by atoms with van der Waals surface area (Å²) in [5.74, 6) is -0.0601. The first-order valence-corrected chi connectivity index (χ1v) is 8.05. The molecule has 1 atom stereocenters. The molecule has 0 spiro atoms. The van der Waals surface area contributed by atoms with Crippen LogP contribution in [0.25, 0.3) is 6.08 Å². The highest BCUT2D eigenvalue weighted by atomic mass is 16.5. The standard InChI is InChI=1S/C16H21N5O3/c1-24-15-18-9-12(10-19-15)4-5-14(22)20-7-2-3-13(11-20)21-8-6-17-16(21)23/h4-5,9-10,13H,2-3,6-8,11H2,1H3,(H,17,23)/b5-4+. The summed E-state index contributed by atoms with van der Waals surface area (Å²) in [6, 6.07) is 0.365. The minimum atomic E-state index is -0.0601. The molecule has 8 heteroatoms. The zero-order valence-corrected chi connectivity index (χ0v) is 13.6. The molecule has 0 saturated carbocycles. The zero-order chi connectivity index (χ0) is 16.9. The Morgan fingerprint density at radius 1 is 1.38 bits per heavy atom. The number of hydrogen-bond donors (Lipinski definition) is 1. The van der Waals surface area contributed by atoms with Crippen LogP contribution in [0.2, 0.25) is 0 Å². The largest absolute Gasteiger partial charge is 0.467 e. The second kappa shape index (κ2) is 7.29. The van der Waals surface area contributed by atoms with E-state index in [4.69, 9.17) is 4.74 Å². The molecule has 128 valence electrons. The lowest BCUT2D eigenvalue weighted by Gasteiger charge is -2.36. The third-order valence-corrected chi connectivity index (χ3v) is 4.29. The molecular formula is C16H21N5O3. The molecule has 2 fully saturated rings. The van der Waals surface area contributed by atoms with Gasteiger partial charge < -0.3 is 19.9 Å². The van der Waals surface area contributed by atoms with E-state index >= 15 is 0 Å². The van der Waals surface area contributed by atoms with Gasteiger partial charge >= 0.3 is 12.0 Å². The van der Waals surface area contributed by atoms with Gasteiger partial charge in [-0.15, -0.1) is 0 Å². The Bertz CT molecular complexity index is 631. The van der Waals surface area contributed by atoms with Crippen LogP contribution < -0.4 is 10.1 Å². The van der Waals surface area contributed by atoms with Crippen LogP contribution >= 0.6 is 0 Å². The first-order valence-electron chi connectivity index (χ1n) is 8.05. The molecule has 2 saturated heterocycles. The average Bonchev–Trinajstić information content (AvgIpc) is 3.06. The molecule has 0 bridgehead atoms. The predicted molar refractivity (Wildman–Crippen MR) is 87.3 cm³/mol. The third-order valence-electron chi connectivity index (χ3n) is 4.29. The van der Waals surface area contributed by atoms with Crippen LogP contribution in [-0.4, -0.2) is 71.0 Å². The number of nitrogens with one attached hydrogen (secondary N) is 1. The summed E-state index contributed by atoms with van der Waals surface area (Å²) < 4.78 is 4.90. The van der Waals surface area contributed by atoms with Crippen LogP contribution in [0.15, 0.2) is 18.5 Å². The van der Waals surface area contributed by atoms with Crippen molar-refractivity contribution in [1.29, 1.82) is 0 Å². The Hall–Kier alpha value is -2.64. The van der Waals surface area contributed by atoms with Gasteiger partial charge in [0.05, 0.1) is 13.2 Å². The van der Waals surface area contributed by atoms with Crippen molar-refractivity contribution in [2.45, 2.75) is 18.9 Å². The van der Waals surface area contributed by atoms with Crippen molar-refractivity contribution in [3.8, 4) is 6.01 Å². The minimum absolute atomic E-state index is 0.0276. The number of amides is 3. The molecule has 1 aromatic heterocycles. The Morgan fingerprint density at radius 2 is 2.17 bits per heavy atom. The van der Waals surface area contributed by atoms with E-state index in [-0.39, 0.29) is 18.0 Å². The van der Waals surface area contributed by atoms with E-state index < -0.39 is 0 Å². The van der Waals surface area contributed by atoms with Gasteiger partial charge in [0.1, 0.15) is 0 Å². The van der Waals surface area contributed by atoms with E-state index in [0.717, 1.165) is 18.4 Å². The van der Waals surface area contributed by atoms with Gasteiger partial charge in [0, 0.05) is 50.2 Å². The number of likely N-dealkylation sites (tertiary alicyclic amines) is 1. The van der Waals surface area contributed by atoms with Crippen molar-refractivity contribution >= 4 is 18.0 Å². The molecule has 2 aliphatic heterocycles. The van der Waals surface area contributed by atoms with E-state index in [1.807, 2.05) is 4.90 Å². The van der Waals surface area contributed by atoms with Gasteiger partial charge in [0.25, 0.3) is 0 Å². The summed E-state index contributed by atoms with van der Waals surface area (Å²) in [4.78, 5) is 35.8. The van der Waals surface area contributed by atoms with Crippen LogP contribution in [0.1, 0.15) is 18.4 Å². The first kappa shape index (κ1) is 16.2. The maximum atomic E-state index is 12.4. The molecule has 24 heavy (non-hydrogen) atoms. The number of methoxy groups -OCH3 is 1. The quantitative estimate of drug-likeness (QED) is 0.813. The van der Waals surface area contributed by atoms with Gasteiger partial charge in [-0.2, -0.15) is 0 Å². The van der Waals surface area contributed by atoms with Gasteiger partial charge in [0.2, 0.25) is 5.91 Å². The number of nitrogens with zero attached hydrogens (tertiary/aromatic N) is 4. The highest BCUT2D eigenvalue weighted by Gasteiger charge is 2.32. The molecule has 2 aliphatic rings. The number of rotatable bonds is 4. The predicted octanol–water partition coefficient (Wildman–Crippen LogP) is 0.515. The molecule has 0 aromatic carbocycles. The number of carbonyl (C=O) groups excluding carboxylic acids is 2. The highest BCUT2D eigenvalue weighted by Crippen LogP contribution is 2.18. The van der Waals surface area contributed by atoms with Crippen LogP contribution in [0.4, 0.5) is 4.79 Å². The maximum absolute atomic E-state index is 12.4. The Morgan fingerprint density at radius 3 is 2.83 bits per heavy atom. The normalized spacial score (nSPS) is 21.2. The molecule has 3 rings (SSSR count). The second-order valence-corrected chi connectivity index (χ2v) is 5.84. The monoisotopic (exact) mass is 331 g/mol. The van der Waals surface area contributed by atoms with E-state index in [1.165, 1.54) is 13.2 Å². The fourth-order valence-corrected chi connectivity index (χ4v) is 3.03. The number of urea groups is 1. The smallest absolute Gasteiger partial charge is 0.317 e. The maximum Gasteiger partial charge on any atom is 0.317 e. The number of ether oxygens (including phenoxy) is 1. The van der Waals surface area contributed by atoms with Crippen molar-refractivity contribution in [2.24, 2.45) is 0 Å². The van der Waals surface area contributed by atoms with Gasteiger partial charge in [-0.3, -0.25) is 4.79 Å². The molecule has 1 N–H and O–H groups in total. The number of carbonyl (C=O) groups is 2. The van der Waals surface area contributed by atoms with Crippen LogP contribution in [0.5, 0.6) is 6.01 Å². The molecule has 0 radical (unpaired) electrons. The highest BCUT2D eigenvalue weighted by molar-refractivity contribution is 5.91. The van der Waals surface area contributed by atoms with Crippen LogP contribution in [0.3, 0.4) is 0 Å². The lowest BCUT2D eigenvalue weighted by Crippen LogP contribution is -2.50. The topological polar surface area (TPSA) is 87.7 Å². The molecule has 1 aromatic rings. The lowest BCUT2D eigenvalue weighted by molar-refractivity contribution is -0.127. The Balaban J connectivity index is 1.59. The minimum Gasteiger partial charge on any atom is -0.467 e. The summed E-state index contributed by atoms with van der Waals surface area (Å²) in [5, 5.41) is 2.81. The lowest BCUT2D eigenvalue weighted by atomic mass is 10.0. The van der Waals surface area contributed by atoms with Crippen molar-refractivity contribution in [1.82, 2.24) is 25.1 Å². The van der Waals surface area contributed by atoms with E-state index in [1.54, 1.807) is 23.4 Å². The molecule has 0 aliphatic carbocycles.